The monoisotopic (exact) mass is 319 g/mol. The lowest BCUT2D eigenvalue weighted by atomic mass is 9.99. The maximum absolute atomic E-state index is 5.61. The summed E-state index contributed by atoms with van der Waals surface area (Å²) >= 11 is 5.61. The lowest BCUT2D eigenvalue weighted by Crippen LogP contribution is -2.11. The van der Waals surface area contributed by atoms with E-state index in [1.54, 1.807) is 7.11 Å². The van der Waals surface area contributed by atoms with Crippen molar-refractivity contribution in [3.8, 4) is 16.9 Å². The van der Waals surface area contributed by atoms with Gasteiger partial charge < -0.3 is 10.1 Å². The second kappa shape index (κ2) is 7.07. The van der Waals surface area contributed by atoms with Crippen molar-refractivity contribution >= 4 is 22.9 Å². The summed E-state index contributed by atoms with van der Waals surface area (Å²) in [6.45, 7) is 0. The molecule has 0 radical (unpaired) electrons. The topological polar surface area (TPSA) is 21.3 Å². The average molecular weight is 319 g/mol. The highest BCUT2D eigenvalue weighted by Gasteiger charge is 2.09. The maximum Gasteiger partial charge on any atom is 0.119 e. The molecule has 2 nitrogen and oxygen atoms in total. The van der Waals surface area contributed by atoms with Gasteiger partial charge in [0.25, 0.3) is 0 Å². The number of hydrogen-bond acceptors (Lipinski definition) is 2. The molecule has 3 aromatic carbocycles. The Kier molecular flexibility index (Phi) is 4.69. The van der Waals surface area contributed by atoms with Crippen molar-refractivity contribution in [3.05, 3.63) is 84.4 Å². The van der Waals surface area contributed by atoms with Crippen LogP contribution in [-0.2, 0) is 0 Å². The fraction of sp³-hybridized carbons (Fsp3) is 0.0500. The van der Waals surface area contributed by atoms with Crippen molar-refractivity contribution in [2.75, 3.05) is 12.4 Å². The molecule has 3 aromatic rings. The molecule has 0 fully saturated rings. The number of nitrogens with one attached hydrogen (secondary N) is 1. The Morgan fingerprint density at radius 2 is 1.48 bits per heavy atom. The molecule has 0 aliphatic rings. The Hall–Kier alpha value is -2.65. The second-order valence-corrected chi connectivity index (χ2v) is 5.50. The summed E-state index contributed by atoms with van der Waals surface area (Å²) in [5.41, 5.74) is 4.24. The van der Waals surface area contributed by atoms with Crippen LogP contribution in [-0.4, -0.2) is 12.1 Å². The first-order chi connectivity index (χ1) is 11.3. The van der Waals surface area contributed by atoms with E-state index in [2.05, 4.69) is 23.5 Å². The Morgan fingerprint density at radius 3 is 2.17 bits per heavy atom. The van der Waals surface area contributed by atoms with E-state index in [4.69, 9.17) is 17.0 Å². The molecule has 3 heteroatoms. The number of methoxy groups -OCH3 is 1. The van der Waals surface area contributed by atoms with Crippen LogP contribution in [0.4, 0.5) is 5.69 Å². The summed E-state index contributed by atoms with van der Waals surface area (Å²) < 4.78 is 5.18. The van der Waals surface area contributed by atoms with Crippen LogP contribution in [0.1, 0.15) is 5.56 Å². The van der Waals surface area contributed by atoms with E-state index >= 15 is 0 Å². The molecule has 1 N–H and O–H groups in total. The zero-order chi connectivity index (χ0) is 16.1. The molecule has 0 unspecified atom stereocenters. The fourth-order valence-corrected chi connectivity index (χ4v) is 2.72. The van der Waals surface area contributed by atoms with Crippen LogP contribution in [0.2, 0.25) is 0 Å². The van der Waals surface area contributed by atoms with E-state index in [-0.39, 0.29) is 0 Å². The second-order valence-electron chi connectivity index (χ2n) is 5.09. The minimum atomic E-state index is 0.703. The molecule has 0 aliphatic carbocycles. The van der Waals surface area contributed by atoms with Gasteiger partial charge in [-0.1, -0.05) is 66.8 Å². The van der Waals surface area contributed by atoms with Crippen LogP contribution in [0.15, 0.2) is 78.9 Å². The van der Waals surface area contributed by atoms with Gasteiger partial charge in [0.2, 0.25) is 0 Å². The largest absolute Gasteiger partial charge is 0.497 e. The summed E-state index contributed by atoms with van der Waals surface area (Å²) in [5, 5.41) is 3.30. The molecular weight excluding hydrogens is 302 g/mol. The first-order valence-electron chi connectivity index (χ1n) is 7.38. The summed E-state index contributed by atoms with van der Waals surface area (Å²) in [7, 11) is 1.66. The van der Waals surface area contributed by atoms with Gasteiger partial charge >= 0.3 is 0 Å². The van der Waals surface area contributed by atoms with Gasteiger partial charge in [-0.2, -0.15) is 0 Å². The van der Waals surface area contributed by atoms with Crippen LogP contribution >= 0.6 is 12.2 Å². The Balaban J connectivity index is 1.88. The molecule has 0 atom stereocenters. The Labute approximate surface area is 141 Å². The van der Waals surface area contributed by atoms with Crippen LogP contribution in [0.25, 0.3) is 11.1 Å². The van der Waals surface area contributed by atoms with Crippen LogP contribution in [0.3, 0.4) is 0 Å². The highest BCUT2D eigenvalue weighted by atomic mass is 32.1. The molecule has 23 heavy (non-hydrogen) atoms. The van der Waals surface area contributed by atoms with Crippen molar-refractivity contribution in [2.45, 2.75) is 0 Å². The molecule has 0 spiro atoms. The number of benzene rings is 3. The number of anilines is 1. The predicted octanol–water partition coefficient (Wildman–Crippen LogP) is 5.15. The molecule has 0 saturated heterocycles. The minimum absolute atomic E-state index is 0.703. The molecule has 0 aromatic heterocycles. The van der Waals surface area contributed by atoms with Crippen molar-refractivity contribution in [2.24, 2.45) is 0 Å². The van der Waals surface area contributed by atoms with Crippen molar-refractivity contribution in [1.29, 1.82) is 0 Å². The van der Waals surface area contributed by atoms with Crippen molar-refractivity contribution < 1.29 is 4.74 Å². The zero-order valence-corrected chi connectivity index (χ0v) is 13.6. The molecule has 0 saturated carbocycles. The number of hydrogen-bond donors (Lipinski definition) is 1. The predicted molar refractivity (Wildman–Crippen MR) is 100 cm³/mol. The zero-order valence-electron chi connectivity index (χ0n) is 12.8. The third-order valence-electron chi connectivity index (χ3n) is 3.60. The molecule has 0 aliphatic heterocycles. The first kappa shape index (κ1) is 15.3. The summed E-state index contributed by atoms with van der Waals surface area (Å²) in [6.07, 6.45) is 0. The number of thiocarbonyl (C=S) groups is 1. The fourth-order valence-electron chi connectivity index (χ4n) is 2.42. The van der Waals surface area contributed by atoms with Crippen molar-refractivity contribution in [1.82, 2.24) is 0 Å². The molecule has 3 rings (SSSR count). The standard InChI is InChI=1S/C20H17NOS/c1-22-17-13-11-16(12-14-17)21-20(23)19-10-6-5-9-18(19)15-7-3-2-4-8-15/h2-14H,1H3,(H,21,23). The molecule has 0 heterocycles. The minimum Gasteiger partial charge on any atom is -0.497 e. The van der Waals surface area contributed by atoms with E-state index in [1.165, 1.54) is 0 Å². The van der Waals surface area contributed by atoms with Gasteiger partial charge in [0.15, 0.2) is 0 Å². The highest BCUT2D eigenvalue weighted by molar-refractivity contribution is 7.81. The van der Waals surface area contributed by atoms with E-state index in [9.17, 15) is 0 Å². The number of ether oxygens (including phenoxy) is 1. The Bertz CT molecular complexity index is 797. The summed E-state index contributed by atoms with van der Waals surface area (Å²) in [5.74, 6) is 0.825. The highest BCUT2D eigenvalue weighted by Crippen LogP contribution is 2.25. The number of rotatable bonds is 4. The van der Waals surface area contributed by atoms with Gasteiger partial charge in [-0.15, -0.1) is 0 Å². The SMILES string of the molecule is COc1ccc(NC(=S)c2ccccc2-c2ccccc2)cc1. The summed E-state index contributed by atoms with van der Waals surface area (Å²) in [4.78, 5) is 0.703. The molecule has 114 valence electrons. The molecule has 0 amide bonds. The average Bonchev–Trinajstić information content (AvgIpc) is 2.63. The van der Waals surface area contributed by atoms with Crippen LogP contribution < -0.4 is 10.1 Å². The third kappa shape index (κ3) is 3.58. The third-order valence-corrected chi connectivity index (χ3v) is 3.93. The Morgan fingerprint density at radius 1 is 0.826 bits per heavy atom. The first-order valence-corrected chi connectivity index (χ1v) is 7.78. The molecule has 0 bridgehead atoms. The quantitative estimate of drug-likeness (QED) is 0.672. The van der Waals surface area contributed by atoms with Crippen LogP contribution in [0.5, 0.6) is 5.75 Å². The van der Waals surface area contributed by atoms with Crippen molar-refractivity contribution in [3.63, 3.8) is 0 Å². The van der Waals surface area contributed by atoms with E-state index in [1.807, 2.05) is 60.7 Å². The van der Waals surface area contributed by atoms with E-state index in [0.29, 0.717) is 4.99 Å². The van der Waals surface area contributed by atoms with E-state index < -0.39 is 0 Å². The van der Waals surface area contributed by atoms with Gasteiger partial charge in [-0.3, -0.25) is 0 Å². The molecular formula is C20H17NOS. The van der Waals surface area contributed by atoms with Gasteiger partial charge in [0, 0.05) is 11.3 Å². The lowest BCUT2D eigenvalue weighted by molar-refractivity contribution is 0.415. The van der Waals surface area contributed by atoms with Gasteiger partial charge in [0.05, 0.1) is 7.11 Å². The maximum atomic E-state index is 5.61. The normalized spacial score (nSPS) is 10.1. The van der Waals surface area contributed by atoms with Gasteiger partial charge in [-0.25, -0.2) is 0 Å². The van der Waals surface area contributed by atoms with E-state index in [0.717, 1.165) is 28.1 Å². The lowest BCUT2D eigenvalue weighted by Gasteiger charge is -2.13. The van der Waals surface area contributed by atoms with Crippen LogP contribution in [0, 0.1) is 0 Å². The van der Waals surface area contributed by atoms with Gasteiger partial charge in [0.1, 0.15) is 10.7 Å². The smallest absolute Gasteiger partial charge is 0.119 e. The van der Waals surface area contributed by atoms with Gasteiger partial charge in [-0.05, 0) is 35.4 Å². The summed E-state index contributed by atoms with van der Waals surface area (Å²) in [6, 6.07) is 26.2.